The van der Waals surface area contributed by atoms with Crippen molar-refractivity contribution in [3.8, 4) is 10.4 Å². The lowest BCUT2D eigenvalue weighted by atomic mass is 10.1. The van der Waals surface area contributed by atoms with Crippen molar-refractivity contribution in [1.29, 1.82) is 0 Å². The Hall–Kier alpha value is -0.270. The van der Waals surface area contributed by atoms with E-state index >= 15 is 0 Å². The standard InChI is InChI=1S/C12H9FINS2/c13-9-1-2-10-11(7-9)15(17-14)5-3-8-4-6-16-12(8)10/h1-2,4,6-7H,3,5H2. The zero-order chi connectivity index (χ0) is 11.8. The highest BCUT2D eigenvalue weighted by Gasteiger charge is 2.21. The van der Waals surface area contributed by atoms with Crippen LogP contribution < -0.4 is 4.31 Å². The maximum absolute atomic E-state index is 13.4. The van der Waals surface area contributed by atoms with Gasteiger partial charge in [-0.3, -0.25) is 0 Å². The van der Waals surface area contributed by atoms with Crippen LogP contribution in [0.25, 0.3) is 10.4 Å². The summed E-state index contributed by atoms with van der Waals surface area (Å²) in [6.07, 6.45) is 1.02. The number of rotatable bonds is 1. The smallest absolute Gasteiger partial charge is 0.125 e. The summed E-state index contributed by atoms with van der Waals surface area (Å²) in [5.74, 6) is -0.167. The van der Waals surface area contributed by atoms with E-state index in [4.69, 9.17) is 0 Å². The summed E-state index contributed by atoms with van der Waals surface area (Å²) in [5.41, 5.74) is 3.51. The van der Waals surface area contributed by atoms with Crippen LogP contribution in [0.2, 0.25) is 0 Å². The van der Waals surface area contributed by atoms with Crippen molar-refractivity contribution in [2.24, 2.45) is 0 Å². The van der Waals surface area contributed by atoms with Crippen LogP contribution in [0, 0.1) is 5.82 Å². The second-order valence-corrected chi connectivity index (χ2v) is 6.53. The van der Waals surface area contributed by atoms with Gasteiger partial charge in [-0.15, -0.1) is 11.3 Å². The van der Waals surface area contributed by atoms with E-state index in [0.29, 0.717) is 0 Å². The molecule has 0 spiro atoms. The van der Waals surface area contributed by atoms with Gasteiger partial charge in [0.2, 0.25) is 0 Å². The average Bonchev–Trinajstić information content (AvgIpc) is 2.73. The molecule has 0 amide bonds. The van der Waals surface area contributed by atoms with Gasteiger partial charge < -0.3 is 4.31 Å². The first kappa shape index (κ1) is 11.8. The lowest BCUT2D eigenvalue weighted by Crippen LogP contribution is -2.14. The molecule has 1 nitrogen and oxygen atoms in total. The molecule has 0 saturated carbocycles. The number of hydrogen-bond acceptors (Lipinski definition) is 3. The summed E-state index contributed by atoms with van der Waals surface area (Å²) in [4.78, 5) is 1.29. The molecule has 88 valence electrons. The molecule has 2 heterocycles. The Morgan fingerprint density at radius 2 is 2.24 bits per heavy atom. The van der Waals surface area contributed by atoms with Gasteiger partial charge in [0.15, 0.2) is 0 Å². The van der Waals surface area contributed by atoms with Gasteiger partial charge in [-0.2, -0.15) is 0 Å². The fourth-order valence-electron chi connectivity index (χ4n) is 2.09. The lowest BCUT2D eigenvalue weighted by Gasteiger charge is -2.20. The third-order valence-electron chi connectivity index (χ3n) is 2.89. The van der Waals surface area contributed by atoms with Crippen LogP contribution in [0.5, 0.6) is 0 Å². The molecule has 0 radical (unpaired) electrons. The van der Waals surface area contributed by atoms with Gasteiger partial charge in [-0.05, 0) is 41.6 Å². The Kier molecular flexibility index (Phi) is 3.32. The topological polar surface area (TPSA) is 3.24 Å². The monoisotopic (exact) mass is 377 g/mol. The predicted molar refractivity (Wildman–Crippen MR) is 82.4 cm³/mol. The van der Waals surface area contributed by atoms with E-state index in [0.717, 1.165) is 24.2 Å². The maximum atomic E-state index is 13.4. The Morgan fingerprint density at radius 1 is 1.35 bits per heavy atom. The Bertz CT molecular complexity index is 555. The fraction of sp³-hybridized carbons (Fsp3) is 0.167. The molecule has 17 heavy (non-hydrogen) atoms. The lowest BCUT2D eigenvalue weighted by molar-refractivity contribution is 0.628. The van der Waals surface area contributed by atoms with E-state index < -0.39 is 0 Å². The van der Waals surface area contributed by atoms with Gasteiger partial charge in [0.1, 0.15) is 5.82 Å². The minimum absolute atomic E-state index is 0.167. The molecule has 0 aliphatic carbocycles. The summed E-state index contributed by atoms with van der Waals surface area (Å²) in [7, 11) is 1.63. The number of nitrogens with zero attached hydrogens (tertiary/aromatic N) is 1. The normalized spacial score (nSPS) is 14.1. The summed E-state index contributed by atoms with van der Waals surface area (Å²) in [6.45, 7) is 0.924. The van der Waals surface area contributed by atoms with E-state index in [2.05, 4.69) is 37.0 Å². The van der Waals surface area contributed by atoms with Crippen molar-refractivity contribution in [2.45, 2.75) is 6.42 Å². The summed E-state index contributed by atoms with van der Waals surface area (Å²) in [6, 6.07) is 7.25. The van der Waals surface area contributed by atoms with Crippen molar-refractivity contribution in [1.82, 2.24) is 0 Å². The first-order chi connectivity index (χ1) is 8.29. The zero-order valence-corrected chi connectivity index (χ0v) is 12.6. The van der Waals surface area contributed by atoms with Gasteiger partial charge in [0.25, 0.3) is 0 Å². The van der Waals surface area contributed by atoms with Crippen molar-refractivity contribution in [3.63, 3.8) is 0 Å². The van der Waals surface area contributed by atoms with E-state index in [1.165, 1.54) is 10.4 Å². The third-order valence-corrected chi connectivity index (χ3v) is 5.85. The summed E-state index contributed by atoms with van der Waals surface area (Å²) < 4.78 is 15.6. The van der Waals surface area contributed by atoms with Gasteiger partial charge in [0.05, 0.1) is 5.69 Å². The van der Waals surface area contributed by atoms with Crippen LogP contribution in [0.15, 0.2) is 29.6 Å². The fourth-order valence-corrected chi connectivity index (χ4v) is 4.69. The molecule has 2 aromatic rings. The van der Waals surface area contributed by atoms with E-state index in [-0.39, 0.29) is 5.82 Å². The highest BCUT2D eigenvalue weighted by molar-refractivity contribution is 14.2. The second-order valence-electron chi connectivity index (χ2n) is 3.86. The van der Waals surface area contributed by atoms with Crippen molar-refractivity contribution in [3.05, 3.63) is 41.0 Å². The Morgan fingerprint density at radius 3 is 3.06 bits per heavy atom. The molecular weight excluding hydrogens is 368 g/mol. The van der Waals surface area contributed by atoms with Crippen molar-refractivity contribution >= 4 is 47.3 Å². The highest BCUT2D eigenvalue weighted by Crippen LogP contribution is 2.43. The van der Waals surface area contributed by atoms with E-state index in [9.17, 15) is 4.39 Å². The van der Waals surface area contributed by atoms with Crippen molar-refractivity contribution < 1.29 is 4.39 Å². The molecule has 0 unspecified atom stereocenters. The quantitative estimate of drug-likeness (QED) is 0.513. The molecule has 1 aromatic heterocycles. The molecule has 0 saturated heterocycles. The Labute approximate surface area is 120 Å². The predicted octanol–water partition coefficient (Wildman–Crippen LogP) is 4.91. The van der Waals surface area contributed by atoms with Crippen molar-refractivity contribution in [2.75, 3.05) is 10.8 Å². The van der Waals surface area contributed by atoms with Gasteiger partial charge in [-0.1, -0.05) is 0 Å². The van der Waals surface area contributed by atoms with Gasteiger partial charge >= 0.3 is 0 Å². The SMILES string of the molecule is Fc1ccc2c(c1)N(SI)CCc1ccsc1-2. The largest absolute Gasteiger partial charge is 0.307 e. The van der Waals surface area contributed by atoms with E-state index in [1.807, 2.05) is 6.07 Å². The van der Waals surface area contributed by atoms with Crippen LogP contribution in [0.3, 0.4) is 0 Å². The Balaban J connectivity index is 2.23. The highest BCUT2D eigenvalue weighted by atomic mass is 127. The molecule has 0 N–H and O–H groups in total. The molecule has 1 aromatic carbocycles. The van der Waals surface area contributed by atoms with Crippen LogP contribution in [-0.4, -0.2) is 6.54 Å². The molecule has 0 fully saturated rings. The summed E-state index contributed by atoms with van der Waals surface area (Å²) in [5, 5.41) is 2.12. The van der Waals surface area contributed by atoms with Crippen LogP contribution in [0.4, 0.5) is 10.1 Å². The van der Waals surface area contributed by atoms with Crippen LogP contribution in [-0.2, 0) is 6.42 Å². The zero-order valence-electron chi connectivity index (χ0n) is 8.82. The maximum Gasteiger partial charge on any atom is 0.125 e. The summed E-state index contributed by atoms with van der Waals surface area (Å²) >= 11 is 3.99. The number of anilines is 1. The molecular formula is C12H9FINS2. The molecule has 1 aliphatic heterocycles. The number of benzene rings is 1. The first-order valence-corrected chi connectivity index (χ1v) is 9.41. The van der Waals surface area contributed by atoms with Gasteiger partial charge in [-0.25, -0.2) is 4.39 Å². The second kappa shape index (κ2) is 4.78. The molecule has 1 aliphatic rings. The number of halogens is 2. The third kappa shape index (κ3) is 2.08. The average molecular weight is 377 g/mol. The van der Waals surface area contributed by atoms with Crippen LogP contribution in [0.1, 0.15) is 5.56 Å². The van der Waals surface area contributed by atoms with Crippen LogP contribution >= 0.6 is 41.7 Å². The number of hydrogen-bond donors (Lipinski definition) is 0. The van der Waals surface area contributed by atoms with E-state index in [1.54, 1.807) is 32.6 Å². The molecule has 0 atom stereocenters. The molecule has 5 heteroatoms. The molecule has 3 rings (SSSR count). The molecule has 0 bridgehead atoms. The minimum Gasteiger partial charge on any atom is -0.307 e. The minimum atomic E-state index is -0.167. The first-order valence-electron chi connectivity index (χ1n) is 5.22. The number of fused-ring (bicyclic) bond motifs is 3. The van der Waals surface area contributed by atoms with Gasteiger partial charge in [0, 0.05) is 47.3 Å². The number of thiophene rings is 1.